The number of rotatable bonds is 3. The predicted octanol–water partition coefficient (Wildman–Crippen LogP) is 5.07. The van der Waals surface area contributed by atoms with E-state index in [1.807, 2.05) is 31.2 Å². The molecule has 154 valence electrons. The number of fused-ring (bicyclic) bond motifs is 2. The fourth-order valence-electron chi connectivity index (χ4n) is 3.98. The average molecular weight is 421 g/mol. The van der Waals surface area contributed by atoms with E-state index >= 15 is 0 Å². The number of halogens is 1. The summed E-state index contributed by atoms with van der Waals surface area (Å²) in [7, 11) is 0. The zero-order chi connectivity index (χ0) is 21.7. The van der Waals surface area contributed by atoms with E-state index < -0.39 is 0 Å². The molecule has 1 aromatic carbocycles. The van der Waals surface area contributed by atoms with Crippen LogP contribution >= 0.6 is 0 Å². The summed E-state index contributed by atoms with van der Waals surface area (Å²) < 4.78 is 14.0. The van der Waals surface area contributed by atoms with Crippen molar-refractivity contribution < 1.29 is 4.39 Å². The zero-order valence-electron chi connectivity index (χ0n) is 17.0. The van der Waals surface area contributed by atoms with Crippen molar-refractivity contribution in [1.29, 1.82) is 0 Å². The molecule has 6 rings (SSSR count). The van der Waals surface area contributed by atoms with Crippen molar-refractivity contribution in [3.05, 3.63) is 78.8 Å². The smallest absolute Gasteiger partial charge is 0.124 e. The first kappa shape index (κ1) is 18.3. The van der Waals surface area contributed by atoms with Crippen LogP contribution in [0.25, 0.3) is 55.8 Å². The van der Waals surface area contributed by atoms with Crippen LogP contribution in [-0.2, 0) is 0 Å². The van der Waals surface area contributed by atoms with Crippen LogP contribution < -0.4 is 0 Å². The van der Waals surface area contributed by atoms with Crippen molar-refractivity contribution >= 4 is 21.8 Å². The summed E-state index contributed by atoms with van der Waals surface area (Å²) in [5, 5.41) is 9.35. The van der Waals surface area contributed by atoms with Gasteiger partial charge in [0.2, 0.25) is 0 Å². The maximum absolute atomic E-state index is 14.0. The van der Waals surface area contributed by atoms with E-state index in [1.165, 1.54) is 12.1 Å². The van der Waals surface area contributed by atoms with Gasteiger partial charge < -0.3 is 4.98 Å². The number of pyridine rings is 2. The highest BCUT2D eigenvalue weighted by Gasteiger charge is 2.16. The average Bonchev–Trinajstić information content (AvgIpc) is 3.42. The quantitative estimate of drug-likeness (QED) is 0.416. The molecule has 0 fully saturated rings. The minimum atomic E-state index is -0.281. The van der Waals surface area contributed by atoms with E-state index in [9.17, 15) is 4.39 Å². The molecule has 0 radical (unpaired) electrons. The summed E-state index contributed by atoms with van der Waals surface area (Å²) in [4.78, 5) is 20.9. The minimum absolute atomic E-state index is 0.281. The molecule has 0 amide bonds. The van der Waals surface area contributed by atoms with Crippen LogP contribution in [0.4, 0.5) is 4.39 Å². The first-order valence-corrected chi connectivity index (χ1v) is 10.0. The van der Waals surface area contributed by atoms with Crippen molar-refractivity contribution in [2.24, 2.45) is 0 Å². The molecule has 5 aromatic heterocycles. The Labute approximate surface area is 181 Å². The molecule has 0 bridgehead atoms. The van der Waals surface area contributed by atoms with Gasteiger partial charge in [-0.2, -0.15) is 5.10 Å². The summed E-state index contributed by atoms with van der Waals surface area (Å²) in [6.45, 7) is 1.87. The van der Waals surface area contributed by atoms with E-state index in [0.29, 0.717) is 17.1 Å². The highest BCUT2D eigenvalue weighted by Crippen LogP contribution is 2.34. The number of benzene rings is 1. The molecule has 0 aliphatic heterocycles. The first-order chi connectivity index (χ1) is 15.7. The van der Waals surface area contributed by atoms with E-state index in [-0.39, 0.29) is 5.82 Å². The van der Waals surface area contributed by atoms with Crippen molar-refractivity contribution in [2.45, 2.75) is 6.92 Å². The van der Waals surface area contributed by atoms with Crippen LogP contribution in [0, 0.1) is 12.7 Å². The number of aromatic amines is 2. The zero-order valence-corrected chi connectivity index (χ0v) is 17.0. The highest BCUT2D eigenvalue weighted by atomic mass is 19.1. The largest absolute Gasteiger partial charge is 0.353 e. The molecular weight excluding hydrogens is 405 g/mol. The Bertz CT molecular complexity index is 1580. The SMILES string of the molecule is Cc1cc(F)cc(-c2nccc3[nH]c(-c4n[nH]c5cnc(-c6cnccn6)cc45)cc23)c1. The number of aryl methyl sites for hydroxylation is 1. The normalized spacial score (nSPS) is 11.4. The third-order valence-corrected chi connectivity index (χ3v) is 5.39. The summed E-state index contributed by atoms with van der Waals surface area (Å²) in [5.74, 6) is -0.281. The summed E-state index contributed by atoms with van der Waals surface area (Å²) >= 11 is 0. The van der Waals surface area contributed by atoms with Gasteiger partial charge in [0.25, 0.3) is 0 Å². The van der Waals surface area contributed by atoms with Gasteiger partial charge in [0, 0.05) is 40.4 Å². The third-order valence-electron chi connectivity index (χ3n) is 5.39. The standard InChI is InChI=1S/C24H16FN7/c1-13-6-14(8-15(25)7-13)23-16-10-20(30-18(16)2-3-28-23)24-17-9-19(22-11-26-4-5-27-22)29-12-21(17)31-32-24/h2-12,30H,1H3,(H,31,32). The van der Waals surface area contributed by atoms with Gasteiger partial charge in [-0.05, 0) is 48.9 Å². The maximum Gasteiger partial charge on any atom is 0.124 e. The Morgan fingerprint density at radius 2 is 1.69 bits per heavy atom. The Morgan fingerprint density at radius 3 is 2.53 bits per heavy atom. The van der Waals surface area contributed by atoms with Gasteiger partial charge in [0.1, 0.15) is 17.2 Å². The van der Waals surface area contributed by atoms with Crippen LogP contribution in [0.1, 0.15) is 5.56 Å². The van der Waals surface area contributed by atoms with Crippen molar-refractivity contribution in [1.82, 2.24) is 35.1 Å². The molecule has 5 heterocycles. The Morgan fingerprint density at radius 1 is 0.781 bits per heavy atom. The Balaban J connectivity index is 1.52. The fraction of sp³-hybridized carbons (Fsp3) is 0.0417. The lowest BCUT2D eigenvalue weighted by atomic mass is 10.0. The van der Waals surface area contributed by atoms with Gasteiger partial charge in [0.15, 0.2) is 0 Å². The number of aromatic nitrogens is 7. The second kappa shape index (κ2) is 7.05. The Hall–Kier alpha value is -4.46. The topological polar surface area (TPSA) is 96.0 Å². The molecule has 0 aliphatic rings. The summed E-state index contributed by atoms with van der Waals surface area (Å²) in [6, 6.07) is 10.8. The molecule has 2 N–H and O–H groups in total. The van der Waals surface area contributed by atoms with Crippen molar-refractivity contribution in [3.8, 4) is 34.0 Å². The van der Waals surface area contributed by atoms with Crippen LogP contribution in [0.5, 0.6) is 0 Å². The molecule has 0 saturated carbocycles. The molecule has 6 aromatic rings. The van der Waals surface area contributed by atoms with Crippen molar-refractivity contribution in [3.63, 3.8) is 0 Å². The molecule has 0 unspecified atom stereocenters. The van der Waals surface area contributed by atoms with Crippen molar-refractivity contribution in [2.75, 3.05) is 0 Å². The van der Waals surface area contributed by atoms with Gasteiger partial charge in [-0.1, -0.05) is 0 Å². The van der Waals surface area contributed by atoms with E-state index in [2.05, 4.69) is 35.1 Å². The predicted molar refractivity (Wildman–Crippen MR) is 120 cm³/mol. The lowest BCUT2D eigenvalue weighted by Crippen LogP contribution is -1.88. The van der Waals surface area contributed by atoms with E-state index in [4.69, 9.17) is 0 Å². The van der Waals surface area contributed by atoms with Crippen LogP contribution in [0.3, 0.4) is 0 Å². The van der Waals surface area contributed by atoms with Gasteiger partial charge >= 0.3 is 0 Å². The summed E-state index contributed by atoms with van der Waals surface area (Å²) in [6.07, 6.45) is 8.40. The highest BCUT2D eigenvalue weighted by molar-refractivity contribution is 6.00. The maximum atomic E-state index is 14.0. The van der Waals surface area contributed by atoms with Gasteiger partial charge in [-0.15, -0.1) is 0 Å². The molecular formula is C24H16FN7. The number of H-pyrrole nitrogens is 2. The van der Waals surface area contributed by atoms with Gasteiger partial charge in [-0.3, -0.25) is 25.0 Å². The monoisotopic (exact) mass is 421 g/mol. The van der Waals surface area contributed by atoms with E-state index in [0.717, 1.165) is 44.3 Å². The summed E-state index contributed by atoms with van der Waals surface area (Å²) in [5.41, 5.74) is 6.98. The third kappa shape index (κ3) is 3.01. The molecule has 8 heteroatoms. The lowest BCUT2D eigenvalue weighted by molar-refractivity contribution is 0.627. The lowest BCUT2D eigenvalue weighted by Gasteiger charge is -2.04. The Kier molecular flexibility index (Phi) is 4.04. The molecule has 7 nitrogen and oxygen atoms in total. The molecule has 0 aliphatic carbocycles. The number of nitrogens with one attached hydrogen (secondary N) is 2. The first-order valence-electron chi connectivity index (χ1n) is 10.0. The second-order valence-electron chi connectivity index (χ2n) is 7.60. The van der Waals surface area contributed by atoms with Gasteiger partial charge in [-0.25, -0.2) is 4.39 Å². The number of hydrogen-bond acceptors (Lipinski definition) is 5. The number of hydrogen-bond donors (Lipinski definition) is 2. The molecule has 32 heavy (non-hydrogen) atoms. The van der Waals surface area contributed by atoms with Crippen LogP contribution in [0.15, 0.2) is 67.4 Å². The minimum Gasteiger partial charge on any atom is -0.353 e. The van der Waals surface area contributed by atoms with Gasteiger partial charge in [0.05, 0.1) is 35.0 Å². The molecule has 0 spiro atoms. The second-order valence-corrected chi connectivity index (χ2v) is 7.60. The van der Waals surface area contributed by atoms with Crippen LogP contribution in [-0.4, -0.2) is 35.1 Å². The van der Waals surface area contributed by atoms with Crippen LogP contribution in [0.2, 0.25) is 0 Å². The fourth-order valence-corrected chi connectivity index (χ4v) is 3.98. The molecule has 0 atom stereocenters. The van der Waals surface area contributed by atoms with E-state index in [1.54, 1.807) is 31.0 Å². The number of nitrogens with zero attached hydrogens (tertiary/aromatic N) is 5. The molecule has 0 saturated heterocycles.